The molecule has 3 atom stereocenters. The summed E-state index contributed by atoms with van der Waals surface area (Å²) in [6.07, 6.45) is 6.26. The number of aliphatic hydroxyl groups is 1. The summed E-state index contributed by atoms with van der Waals surface area (Å²) in [5.41, 5.74) is 1.15. The first-order chi connectivity index (χ1) is 13.8. The Labute approximate surface area is 174 Å². The monoisotopic (exact) mass is 407 g/mol. The minimum absolute atomic E-state index is 0.146. The van der Waals surface area contributed by atoms with Gasteiger partial charge in [0.05, 0.1) is 13.2 Å². The van der Waals surface area contributed by atoms with E-state index in [9.17, 15) is 15.0 Å². The number of esters is 1. The molecule has 164 valence electrons. The van der Waals surface area contributed by atoms with Gasteiger partial charge in [-0.25, -0.2) is 0 Å². The summed E-state index contributed by atoms with van der Waals surface area (Å²) in [5.74, 6) is 0.572. The number of nitrogens with one attached hydrogen (secondary N) is 1. The minimum atomic E-state index is -0.637. The van der Waals surface area contributed by atoms with E-state index in [4.69, 9.17) is 9.47 Å². The topological polar surface area (TPSA) is 88.0 Å². The Bertz CT molecular complexity index is 677. The van der Waals surface area contributed by atoms with Crippen LogP contribution in [-0.4, -0.2) is 42.0 Å². The van der Waals surface area contributed by atoms with Gasteiger partial charge < -0.3 is 25.0 Å². The van der Waals surface area contributed by atoms with E-state index < -0.39 is 11.7 Å². The van der Waals surface area contributed by atoms with Gasteiger partial charge in [0, 0.05) is 25.5 Å². The molecular formula is C23H37NO5. The van der Waals surface area contributed by atoms with Crippen molar-refractivity contribution < 1.29 is 24.5 Å². The summed E-state index contributed by atoms with van der Waals surface area (Å²) in [7, 11) is 3.36. The van der Waals surface area contributed by atoms with Gasteiger partial charge in [-0.1, -0.05) is 25.8 Å². The maximum Gasteiger partial charge on any atom is 0.303 e. The quantitative estimate of drug-likeness (QED) is 0.513. The normalized spacial score (nSPS) is 24.3. The number of carbonyl (C=O) groups excluding carboxylic acids is 1. The van der Waals surface area contributed by atoms with Gasteiger partial charge in [0.15, 0.2) is 11.5 Å². The molecule has 0 bridgehead atoms. The van der Waals surface area contributed by atoms with Crippen molar-refractivity contribution in [3.05, 3.63) is 23.3 Å². The number of carbonyl (C=O) groups is 1. The van der Waals surface area contributed by atoms with E-state index in [1.165, 1.54) is 14.0 Å². The molecule has 0 spiro atoms. The molecule has 0 amide bonds. The molecule has 0 radical (unpaired) electrons. The van der Waals surface area contributed by atoms with E-state index in [0.29, 0.717) is 31.6 Å². The fourth-order valence-electron chi connectivity index (χ4n) is 4.50. The Kier molecular flexibility index (Phi) is 8.78. The molecule has 6 nitrogen and oxygen atoms in total. The maximum absolute atomic E-state index is 11.8. The zero-order chi connectivity index (χ0) is 21.4. The van der Waals surface area contributed by atoms with Crippen LogP contribution in [0, 0.1) is 5.92 Å². The van der Waals surface area contributed by atoms with Crippen LogP contribution in [0.4, 0.5) is 0 Å². The number of aliphatic hydroxyl groups excluding tert-OH is 1. The molecule has 29 heavy (non-hydrogen) atoms. The molecule has 0 aromatic heterocycles. The molecule has 0 aliphatic heterocycles. The predicted molar refractivity (Wildman–Crippen MR) is 113 cm³/mol. The Morgan fingerprint density at radius 3 is 2.72 bits per heavy atom. The lowest BCUT2D eigenvalue weighted by Gasteiger charge is -2.42. The fourth-order valence-corrected chi connectivity index (χ4v) is 4.50. The number of aryl methyl sites for hydroxylation is 1. The first-order valence-electron chi connectivity index (χ1n) is 10.7. The van der Waals surface area contributed by atoms with Crippen LogP contribution in [0.15, 0.2) is 12.1 Å². The number of aromatic hydroxyl groups is 1. The second-order valence-corrected chi connectivity index (χ2v) is 8.33. The van der Waals surface area contributed by atoms with Crippen LogP contribution in [0.3, 0.4) is 0 Å². The molecule has 3 N–H and O–H groups in total. The molecule has 1 aromatic rings. The summed E-state index contributed by atoms with van der Waals surface area (Å²) in [5, 5.41) is 24.1. The standard InChI is InChI=1S/C23H37NO5/c1-5-6-7-18-9-11-23(14-20(18)26,29-16(2)25)10-8-17-12-19(15-24-3)22(27)21(13-17)28-4/h12-13,18,20,24,26-27H,5-11,14-15H2,1-4H3/t18-,20-,23+/m1/s1. The van der Waals surface area contributed by atoms with Crippen LogP contribution < -0.4 is 10.1 Å². The van der Waals surface area contributed by atoms with E-state index in [0.717, 1.165) is 43.2 Å². The van der Waals surface area contributed by atoms with Crippen LogP contribution in [0.2, 0.25) is 0 Å². The van der Waals surface area contributed by atoms with Gasteiger partial charge in [-0.3, -0.25) is 4.79 Å². The Morgan fingerprint density at radius 1 is 1.38 bits per heavy atom. The number of unbranched alkanes of at least 4 members (excludes halogenated alkanes) is 1. The number of hydrogen-bond donors (Lipinski definition) is 3. The highest BCUT2D eigenvalue weighted by molar-refractivity contribution is 5.66. The summed E-state index contributed by atoms with van der Waals surface area (Å²) in [6, 6.07) is 3.79. The van der Waals surface area contributed by atoms with Crippen molar-refractivity contribution in [1.29, 1.82) is 0 Å². The zero-order valence-corrected chi connectivity index (χ0v) is 18.3. The predicted octanol–water partition coefficient (Wildman–Crippen LogP) is 3.71. The van der Waals surface area contributed by atoms with Gasteiger partial charge >= 0.3 is 5.97 Å². The smallest absolute Gasteiger partial charge is 0.303 e. The third kappa shape index (κ3) is 6.34. The first-order valence-corrected chi connectivity index (χ1v) is 10.7. The van der Waals surface area contributed by atoms with Crippen molar-refractivity contribution in [2.24, 2.45) is 5.92 Å². The van der Waals surface area contributed by atoms with Gasteiger partial charge in [-0.15, -0.1) is 0 Å². The van der Waals surface area contributed by atoms with Crippen molar-refractivity contribution in [2.45, 2.75) is 83.5 Å². The van der Waals surface area contributed by atoms with Crippen molar-refractivity contribution in [2.75, 3.05) is 14.2 Å². The van der Waals surface area contributed by atoms with Crippen molar-refractivity contribution in [3.8, 4) is 11.5 Å². The number of benzene rings is 1. The maximum atomic E-state index is 11.8. The lowest BCUT2D eigenvalue weighted by Crippen LogP contribution is -2.45. The molecule has 1 aliphatic carbocycles. The van der Waals surface area contributed by atoms with E-state index in [2.05, 4.69) is 12.2 Å². The number of methoxy groups -OCH3 is 1. The molecule has 1 aliphatic rings. The molecule has 0 saturated heterocycles. The highest BCUT2D eigenvalue weighted by atomic mass is 16.6. The average molecular weight is 408 g/mol. The lowest BCUT2D eigenvalue weighted by molar-refractivity contribution is -0.168. The number of ether oxygens (including phenoxy) is 2. The second-order valence-electron chi connectivity index (χ2n) is 8.33. The molecular weight excluding hydrogens is 370 g/mol. The zero-order valence-electron chi connectivity index (χ0n) is 18.3. The Morgan fingerprint density at radius 2 is 2.14 bits per heavy atom. The van der Waals surface area contributed by atoms with Crippen molar-refractivity contribution in [1.82, 2.24) is 5.32 Å². The number of rotatable bonds is 10. The first kappa shape index (κ1) is 23.5. The van der Waals surface area contributed by atoms with Crippen molar-refractivity contribution in [3.63, 3.8) is 0 Å². The number of phenolic OH excluding ortho intramolecular Hbond substituents is 1. The summed E-state index contributed by atoms with van der Waals surface area (Å²) >= 11 is 0. The van der Waals surface area contributed by atoms with Crippen LogP contribution in [0.5, 0.6) is 11.5 Å². The highest BCUT2D eigenvalue weighted by Gasteiger charge is 2.42. The third-order valence-corrected chi connectivity index (χ3v) is 6.05. The van der Waals surface area contributed by atoms with Crippen LogP contribution >= 0.6 is 0 Å². The largest absolute Gasteiger partial charge is 0.504 e. The lowest BCUT2D eigenvalue weighted by atomic mass is 9.72. The molecule has 2 rings (SSSR count). The summed E-state index contributed by atoms with van der Waals surface area (Å²) < 4.78 is 11.1. The van der Waals surface area contributed by atoms with Crippen molar-refractivity contribution >= 4 is 5.97 Å². The number of hydrogen-bond acceptors (Lipinski definition) is 6. The van der Waals surface area contributed by atoms with Gasteiger partial charge in [0.1, 0.15) is 5.60 Å². The second kappa shape index (κ2) is 10.8. The minimum Gasteiger partial charge on any atom is -0.504 e. The average Bonchev–Trinajstić information content (AvgIpc) is 2.67. The van der Waals surface area contributed by atoms with E-state index in [-0.39, 0.29) is 17.6 Å². The Hall–Kier alpha value is -1.79. The summed E-state index contributed by atoms with van der Waals surface area (Å²) in [4.78, 5) is 11.8. The van der Waals surface area contributed by atoms with Crippen LogP contribution in [-0.2, 0) is 22.5 Å². The van der Waals surface area contributed by atoms with Crippen LogP contribution in [0.25, 0.3) is 0 Å². The SMILES string of the molecule is CCCC[C@@H]1CC[C@](CCc2cc(CNC)c(O)c(OC)c2)(OC(C)=O)C[C@H]1O. The van der Waals surface area contributed by atoms with E-state index in [1.54, 1.807) is 0 Å². The fraction of sp³-hybridized carbons (Fsp3) is 0.696. The molecule has 6 heteroatoms. The van der Waals surface area contributed by atoms with Gasteiger partial charge in [0.2, 0.25) is 0 Å². The number of phenols is 1. The summed E-state index contributed by atoms with van der Waals surface area (Å²) in [6.45, 7) is 4.13. The van der Waals surface area contributed by atoms with E-state index >= 15 is 0 Å². The highest BCUT2D eigenvalue weighted by Crippen LogP contribution is 2.41. The van der Waals surface area contributed by atoms with Gasteiger partial charge in [-0.05, 0) is 56.7 Å². The Balaban J connectivity index is 2.15. The molecule has 1 fully saturated rings. The van der Waals surface area contributed by atoms with Crippen LogP contribution in [0.1, 0.15) is 69.9 Å². The van der Waals surface area contributed by atoms with Gasteiger partial charge in [0.25, 0.3) is 0 Å². The van der Waals surface area contributed by atoms with Gasteiger partial charge in [-0.2, -0.15) is 0 Å². The molecule has 1 aromatic carbocycles. The molecule has 0 heterocycles. The molecule has 1 saturated carbocycles. The third-order valence-electron chi connectivity index (χ3n) is 6.05. The molecule has 0 unspecified atom stereocenters. The van der Waals surface area contributed by atoms with E-state index in [1.807, 2.05) is 19.2 Å².